The van der Waals surface area contributed by atoms with Gasteiger partial charge < -0.3 is 42.4 Å². The van der Waals surface area contributed by atoms with Gasteiger partial charge in [-0.05, 0) is 19.4 Å². The summed E-state index contributed by atoms with van der Waals surface area (Å²) in [6.07, 6.45) is 0. The van der Waals surface area contributed by atoms with Crippen LogP contribution in [0.25, 0.3) is 0 Å². The van der Waals surface area contributed by atoms with Crippen LogP contribution in [0.2, 0.25) is 0 Å². The Kier molecular flexibility index (Phi) is 8.27. The molecule has 218 valence electrons. The second kappa shape index (κ2) is 11.4. The van der Waals surface area contributed by atoms with E-state index in [1.165, 1.54) is 35.6 Å². The maximum atomic E-state index is 13.2. The van der Waals surface area contributed by atoms with Crippen molar-refractivity contribution < 1.29 is 38.8 Å². The Morgan fingerprint density at radius 2 is 2.02 bits per heavy atom. The zero-order valence-corrected chi connectivity index (χ0v) is 24.1. The number of rotatable bonds is 10. The zero-order chi connectivity index (χ0) is 30.2. The summed E-state index contributed by atoms with van der Waals surface area (Å²) in [5.41, 5.74) is 15.0. The topological polar surface area (TPSA) is 269 Å². The van der Waals surface area contributed by atoms with Crippen molar-refractivity contribution in [3.63, 3.8) is 0 Å². The molecule has 17 nitrogen and oxygen atoms in total. The van der Waals surface area contributed by atoms with Crippen LogP contribution in [-0.2, 0) is 31.1 Å². The molecule has 1 unspecified atom stereocenters. The number of nitrogen functional groups attached to an aromatic ring is 3. The summed E-state index contributed by atoms with van der Waals surface area (Å²) >= 11 is 3.39. The molecule has 4 rings (SSSR count). The SMILES string of the molecule is C[n+]1c(N)nc(N)nc1SCC1=C(C(=O)[O-])N2C(=O)C(NC(=O)/C(=N\OC(C)(C)C(=O)O)c3csc(N)n3)[C@@H]2SC1. The molecule has 2 atom stereocenters. The summed E-state index contributed by atoms with van der Waals surface area (Å²) in [5, 5.41) is 28.8. The Balaban J connectivity index is 1.53. The van der Waals surface area contributed by atoms with E-state index in [9.17, 15) is 29.4 Å². The van der Waals surface area contributed by atoms with E-state index in [0.717, 1.165) is 28.0 Å². The van der Waals surface area contributed by atoms with Crippen molar-refractivity contribution in [2.24, 2.45) is 12.2 Å². The highest BCUT2D eigenvalue weighted by Gasteiger charge is 2.53. The smallest absolute Gasteiger partial charge is 0.350 e. The largest absolute Gasteiger partial charge is 0.543 e. The predicted octanol–water partition coefficient (Wildman–Crippen LogP) is -2.72. The molecule has 20 heteroatoms. The van der Waals surface area contributed by atoms with Gasteiger partial charge >= 0.3 is 17.9 Å². The minimum absolute atomic E-state index is 0.0000883. The number of aliphatic carboxylic acids is 2. The van der Waals surface area contributed by atoms with E-state index in [-0.39, 0.29) is 39.9 Å². The maximum Gasteiger partial charge on any atom is 0.350 e. The Bertz CT molecular complexity index is 1510. The van der Waals surface area contributed by atoms with Gasteiger partial charge in [0.25, 0.3) is 17.0 Å². The fraction of sp³-hybridized carbons (Fsp3) is 0.381. The molecule has 0 aromatic carbocycles. The van der Waals surface area contributed by atoms with E-state index in [0.29, 0.717) is 10.7 Å². The van der Waals surface area contributed by atoms with E-state index in [1.54, 1.807) is 7.05 Å². The van der Waals surface area contributed by atoms with E-state index in [2.05, 4.69) is 25.4 Å². The lowest BCUT2D eigenvalue weighted by Crippen LogP contribution is -2.71. The highest BCUT2D eigenvalue weighted by atomic mass is 32.2. The quantitative estimate of drug-likeness (QED) is 0.0591. The monoisotopic (exact) mass is 624 g/mol. The molecular weight excluding hydrogens is 600 g/mol. The first-order chi connectivity index (χ1) is 19.2. The predicted molar refractivity (Wildman–Crippen MR) is 146 cm³/mol. The molecule has 0 bridgehead atoms. The number of amides is 2. The van der Waals surface area contributed by atoms with Crippen LogP contribution in [0.3, 0.4) is 0 Å². The van der Waals surface area contributed by atoms with Gasteiger partial charge in [-0.2, -0.15) is 0 Å². The number of thiazole rings is 1. The van der Waals surface area contributed by atoms with Gasteiger partial charge in [0.15, 0.2) is 10.8 Å². The fourth-order valence-corrected chi connectivity index (χ4v) is 6.57. The van der Waals surface area contributed by atoms with Crippen molar-refractivity contribution in [3.8, 4) is 0 Å². The number of β-lactam (4-membered cyclic amide) rings is 1. The lowest BCUT2D eigenvalue weighted by molar-refractivity contribution is -0.701. The van der Waals surface area contributed by atoms with Crippen LogP contribution in [0.1, 0.15) is 19.5 Å². The minimum atomic E-state index is -1.78. The van der Waals surface area contributed by atoms with E-state index in [1.807, 2.05) is 0 Å². The number of oxime groups is 1. The number of nitrogens with zero attached hydrogens (tertiary/aromatic N) is 6. The summed E-state index contributed by atoms with van der Waals surface area (Å²) in [7, 11) is 1.62. The third kappa shape index (κ3) is 5.98. The highest BCUT2D eigenvalue weighted by Crippen LogP contribution is 2.41. The number of nitrogens with one attached hydrogen (secondary N) is 1. The van der Waals surface area contributed by atoms with Crippen molar-refractivity contribution >= 4 is 81.4 Å². The van der Waals surface area contributed by atoms with E-state index >= 15 is 0 Å². The van der Waals surface area contributed by atoms with Crippen molar-refractivity contribution in [2.45, 2.75) is 36.0 Å². The number of hydrogen-bond donors (Lipinski definition) is 5. The average Bonchev–Trinajstić information content (AvgIpc) is 3.33. The number of carbonyl (C=O) groups is 4. The van der Waals surface area contributed by atoms with Crippen LogP contribution in [0, 0.1) is 0 Å². The van der Waals surface area contributed by atoms with Crippen molar-refractivity contribution in [3.05, 3.63) is 22.3 Å². The molecule has 8 N–H and O–H groups in total. The van der Waals surface area contributed by atoms with Crippen LogP contribution in [0.4, 0.5) is 17.0 Å². The maximum absolute atomic E-state index is 13.2. The number of nitrogens with two attached hydrogens (primary N) is 3. The summed E-state index contributed by atoms with van der Waals surface area (Å²) in [6, 6.07) is -1.12. The second-order valence-corrected chi connectivity index (χ2v) is 12.0. The molecular formula is C21H24N10O7S3. The Morgan fingerprint density at radius 3 is 2.63 bits per heavy atom. The van der Waals surface area contributed by atoms with Gasteiger partial charge in [0.1, 0.15) is 17.1 Å². The molecule has 2 aromatic rings. The van der Waals surface area contributed by atoms with E-state index in [4.69, 9.17) is 22.0 Å². The lowest BCUT2D eigenvalue weighted by Gasteiger charge is -2.50. The molecule has 2 aliphatic heterocycles. The summed E-state index contributed by atoms with van der Waals surface area (Å²) in [4.78, 5) is 67.9. The Morgan fingerprint density at radius 1 is 1.32 bits per heavy atom. The summed E-state index contributed by atoms with van der Waals surface area (Å²) in [5.74, 6) is -4.08. The van der Waals surface area contributed by atoms with E-state index < -0.39 is 46.5 Å². The van der Waals surface area contributed by atoms with Gasteiger partial charge in [0.05, 0.1) is 18.7 Å². The van der Waals surface area contributed by atoms with Crippen LogP contribution in [-0.4, -0.2) is 82.9 Å². The van der Waals surface area contributed by atoms with Gasteiger partial charge in [0.2, 0.25) is 5.60 Å². The second-order valence-electron chi connectivity index (χ2n) is 9.09. The number of aromatic nitrogens is 4. The van der Waals surface area contributed by atoms with Crippen LogP contribution in [0.5, 0.6) is 0 Å². The molecule has 0 spiro atoms. The van der Waals surface area contributed by atoms with Gasteiger partial charge in [-0.1, -0.05) is 26.9 Å². The van der Waals surface area contributed by atoms with Gasteiger partial charge in [-0.25, -0.2) is 14.3 Å². The number of thioether (sulfide) groups is 2. The molecule has 0 aliphatic carbocycles. The number of hydrogen-bond acceptors (Lipinski definition) is 16. The first-order valence-electron chi connectivity index (χ1n) is 11.5. The number of anilines is 3. The zero-order valence-electron chi connectivity index (χ0n) is 21.7. The highest BCUT2D eigenvalue weighted by molar-refractivity contribution is 8.01. The standard InChI is InChI=1S/C21H24N10O7S3/c1-21(2,16(36)37)38-29-9(8-6-40-19(24)25-8)12(32)26-10-13(33)31-11(15(34)35)7(4-39-14(10)31)5-41-20-28-17(22)27-18(23)30(20)3/h6,10,14H,4-5H2,1-3H3,(H8,22,23,24,25,26,27,32,34,35,36,37)/b29-9-/t10?,14-/m0/s1. The molecule has 0 radical (unpaired) electrons. The Labute approximate surface area is 244 Å². The van der Waals surface area contributed by atoms with Crippen molar-refractivity contribution in [1.29, 1.82) is 0 Å². The fourth-order valence-electron chi connectivity index (χ4n) is 3.56. The molecule has 2 aliphatic rings. The Hall–Kier alpha value is -4.17. The van der Waals surface area contributed by atoms with Crippen LogP contribution < -0.4 is 32.2 Å². The van der Waals surface area contributed by atoms with Gasteiger partial charge in [0, 0.05) is 16.9 Å². The molecule has 2 amide bonds. The normalized spacial score (nSPS) is 19.0. The molecule has 4 heterocycles. The van der Waals surface area contributed by atoms with Gasteiger partial charge in [-0.15, -0.1) is 23.1 Å². The number of carbonyl (C=O) groups excluding carboxylic acids is 3. The average molecular weight is 625 g/mol. The summed E-state index contributed by atoms with van der Waals surface area (Å²) in [6.45, 7) is 2.46. The molecule has 41 heavy (non-hydrogen) atoms. The third-order valence-corrected chi connectivity index (χ3v) is 8.96. The first-order valence-corrected chi connectivity index (χ1v) is 14.4. The van der Waals surface area contributed by atoms with Crippen LogP contribution in [0.15, 0.2) is 27.0 Å². The summed E-state index contributed by atoms with van der Waals surface area (Å²) < 4.78 is 1.48. The number of carboxylic acids is 2. The third-order valence-electron chi connectivity index (χ3n) is 5.83. The van der Waals surface area contributed by atoms with Crippen molar-refractivity contribution in [2.75, 3.05) is 28.7 Å². The van der Waals surface area contributed by atoms with Crippen molar-refractivity contribution in [1.82, 2.24) is 25.2 Å². The number of carboxylic acid groups (broad SMARTS) is 2. The first kappa shape index (κ1) is 29.8. The van der Waals surface area contributed by atoms with Gasteiger partial charge in [-0.3, -0.25) is 14.5 Å². The van der Waals surface area contributed by atoms with Crippen LogP contribution >= 0.6 is 34.9 Å². The molecule has 1 saturated heterocycles. The molecule has 0 saturated carbocycles. The lowest BCUT2D eigenvalue weighted by atomic mass is 10.0. The molecule has 2 aromatic heterocycles. The number of fused-ring (bicyclic) bond motifs is 1. The molecule has 1 fully saturated rings. The minimum Gasteiger partial charge on any atom is -0.543 e.